The van der Waals surface area contributed by atoms with E-state index >= 15 is 0 Å². The van der Waals surface area contributed by atoms with E-state index in [9.17, 15) is 0 Å². The van der Waals surface area contributed by atoms with Gasteiger partial charge in [0.05, 0.1) is 6.26 Å². The van der Waals surface area contributed by atoms with E-state index in [4.69, 9.17) is 18.6 Å². The van der Waals surface area contributed by atoms with E-state index in [0.29, 0.717) is 11.5 Å². The zero-order valence-corrected chi connectivity index (χ0v) is 12.2. The highest BCUT2D eigenvalue weighted by molar-refractivity contribution is 5.52. The van der Waals surface area contributed by atoms with E-state index in [-0.39, 0.29) is 12.9 Å². The lowest BCUT2D eigenvalue weighted by atomic mass is 10.2. The van der Waals surface area contributed by atoms with Crippen molar-refractivity contribution in [2.45, 2.75) is 12.5 Å². The van der Waals surface area contributed by atoms with Gasteiger partial charge in [-0.3, -0.25) is 0 Å². The third kappa shape index (κ3) is 3.13. The Bertz CT molecular complexity index is 580. The van der Waals surface area contributed by atoms with Gasteiger partial charge in [0.2, 0.25) is 12.5 Å². The van der Waals surface area contributed by atoms with E-state index in [1.54, 1.807) is 6.26 Å². The highest BCUT2D eigenvalue weighted by atomic mass is 16.7. The van der Waals surface area contributed by atoms with Crippen molar-refractivity contribution < 1.29 is 18.6 Å². The van der Waals surface area contributed by atoms with Crippen LogP contribution in [0, 0.1) is 0 Å². The van der Waals surface area contributed by atoms with Gasteiger partial charge in [0, 0.05) is 13.0 Å². The predicted octanol–water partition coefficient (Wildman–Crippen LogP) is 3.08. The molecule has 0 saturated heterocycles. The van der Waals surface area contributed by atoms with E-state index in [0.717, 1.165) is 24.5 Å². The van der Waals surface area contributed by atoms with Gasteiger partial charge in [0.1, 0.15) is 5.76 Å². The molecule has 0 N–H and O–H groups in total. The molecule has 0 aliphatic carbocycles. The number of fused-ring (bicyclic) bond motifs is 1. The van der Waals surface area contributed by atoms with Crippen LogP contribution < -0.4 is 14.2 Å². The maximum atomic E-state index is 6.13. The van der Waals surface area contributed by atoms with Gasteiger partial charge in [0.25, 0.3) is 0 Å². The molecule has 5 heteroatoms. The molecule has 2 aromatic rings. The minimum Gasteiger partial charge on any atom is -0.478 e. The average molecular weight is 289 g/mol. The van der Waals surface area contributed by atoms with E-state index < -0.39 is 0 Å². The Hall–Kier alpha value is -2.14. The first-order chi connectivity index (χ1) is 10.2. The molecular formula is C16H19NO4. The summed E-state index contributed by atoms with van der Waals surface area (Å²) in [6.07, 6.45) is 2.33. The van der Waals surface area contributed by atoms with Crippen molar-refractivity contribution in [2.75, 3.05) is 27.4 Å². The molecule has 0 fully saturated rings. The minimum absolute atomic E-state index is 0.155. The standard InChI is InChI=1S/C16H19NO4/c1-17(2)9-8-13(12-7-4-10-18-12)21-15-6-3-5-14-16(15)20-11-19-14/h3-7,10,13H,8-9,11H2,1-2H3. The van der Waals surface area contributed by atoms with Gasteiger partial charge < -0.3 is 23.5 Å². The SMILES string of the molecule is CN(C)CCC(Oc1cccc2c1OCO2)c1ccco1. The van der Waals surface area contributed by atoms with Gasteiger partial charge in [-0.25, -0.2) is 0 Å². The molecule has 0 bridgehead atoms. The van der Waals surface area contributed by atoms with Gasteiger partial charge in [-0.2, -0.15) is 0 Å². The summed E-state index contributed by atoms with van der Waals surface area (Å²) >= 11 is 0. The molecule has 5 nitrogen and oxygen atoms in total. The molecule has 1 aliphatic heterocycles. The van der Waals surface area contributed by atoms with Crippen LogP contribution in [0.2, 0.25) is 0 Å². The van der Waals surface area contributed by atoms with Gasteiger partial charge in [-0.1, -0.05) is 6.07 Å². The molecular weight excluding hydrogens is 270 g/mol. The fourth-order valence-corrected chi connectivity index (χ4v) is 2.26. The third-order valence-electron chi connectivity index (χ3n) is 3.33. The first-order valence-corrected chi connectivity index (χ1v) is 6.97. The topological polar surface area (TPSA) is 44.1 Å². The summed E-state index contributed by atoms with van der Waals surface area (Å²) < 4.78 is 22.5. The summed E-state index contributed by atoms with van der Waals surface area (Å²) in [5.41, 5.74) is 0. The summed E-state index contributed by atoms with van der Waals surface area (Å²) in [6.45, 7) is 1.14. The summed E-state index contributed by atoms with van der Waals surface area (Å²) in [7, 11) is 4.08. The number of hydrogen-bond acceptors (Lipinski definition) is 5. The molecule has 2 heterocycles. The van der Waals surface area contributed by atoms with Crippen molar-refractivity contribution in [2.24, 2.45) is 0 Å². The van der Waals surface area contributed by atoms with Crippen LogP contribution in [0.1, 0.15) is 18.3 Å². The van der Waals surface area contributed by atoms with Crippen molar-refractivity contribution in [3.05, 3.63) is 42.4 Å². The van der Waals surface area contributed by atoms with E-state index in [2.05, 4.69) is 4.90 Å². The van der Waals surface area contributed by atoms with Crippen LogP contribution in [0.25, 0.3) is 0 Å². The van der Waals surface area contributed by atoms with Gasteiger partial charge >= 0.3 is 0 Å². The first kappa shape index (κ1) is 13.8. The molecule has 0 radical (unpaired) electrons. The highest BCUT2D eigenvalue weighted by Gasteiger charge is 2.23. The fraction of sp³-hybridized carbons (Fsp3) is 0.375. The van der Waals surface area contributed by atoms with E-state index in [1.165, 1.54) is 0 Å². The molecule has 0 amide bonds. The highest BCUT2D eigenvalue weighted by Crippen LogP contribution is 2.42. The number of rotatable bonds is 6. The normalized spacial score (nSPS) is 14.4. The lowest BCUT2D eigenvalue weighted by Gasteiger charge is -2.20. The quantitative estimate of drug-likeness (QED) is 0.817. The molecule has 21 heavy (non-hydrogen) atoms. The van der Waals surface area contributed by atoms with Crippen LogP contribution in [0.5, 0.6) is 17.2 Å². The van der Waals surface area contributed by atoms with Gasteiger partial charge in [-0.15, -0.1) is 0 Å². The first-order valence-electron chi connectivity index (χ1n) is 6.97. The Labute approximate surface area is 124 Å². The zero-order valence-electron chi connectivity index (χ0n) is 12.2. The number of ether oxygens (including phenoxy) is 3. The summed E-state index contributed by atoms with van der Waals surface area (Å²) in [5, 5.41) is 0. The zero-order chi connectivity index (χ0) is 14.7. The Morgan fingerprint density at radius 2 is 2.10 bits per heavy atom. The lowest BCUT2D eigenvalue weighted by molar-refractivity contribution is 0.139. The monoisotopic (exact) mass is 289 g/mol. The number of furan rings is 1. The number of benzene rings is 1. The van der Waals surface area contributed by atoms with Crippen LogP contribution in [-0.2, 0) is 0 Å². The Morgan fingerprint density at radius 3 is 2.86 bits per heavy atom. The van der Waals surface area contributed by atoms with Crippen molar-refractivity contribution in [3.63, 3.8) is 0 Å². The molecule has 1 unspecified atom stereocenters. The summed E-state index contributed by atoms with van der Waals surface area (Å²) in [5.74, 6) is 2.88. The molecule has 1 aromatic heterocycles. The van der Waals surface area contributed by atoms with Crippen LogP contribution in [0.4, 0.5) is 0 Å². The van der Waals surface area contributed by atoms with Crippen molar-refractivity contribution in [1.82, 2.24) is 4.90 Å². The van der Waals surface area contributed by atoms with Crippen LogP contribution in [-0.4, -0.2) is 32.3 Å². The molecule has 0 saturated carbocycles. The van der Waals surface area contributed by atoms with E-state index in [1.807, 2.05) is 44.4 Å². The number of nitrogens with zero attached hydrogens (tertiary/aromatic N) is 1. The molecule has 112 valence electrons. The van der Waals surface area contributed by atoms with Crippen molar-refractivity contribution in [3.8, 4) is 17.2 Å². The third-order valence-corrected chi connectivity index (χ3v) is 3.33. The van der Waals surface area contributed by atoms with Crippen molar-refractivity contribution >= 4 is 0 Å². The van der Waals surface area contributed by atoms with Crippen LogP contribution in [0.3, 0.4) is 0 Å². The Balaban J connectivity index is 1.80. The van der Waals surface area contributed by atoms with Crippen LogP contribution in [0.15, 0.2) is 41.0 Å². The molecule has 3 rings (SSSR count). The van der Waals surface area contributed by atoms with Gasteiger partial charge in [0.15, 0.2) is 17.6 Å². The Morgan fingerprint density at radius 1 is 1.19 bits per heavy atom. The number of hydrogen-bond donors (Lipinski definition) is 0. The van der Waals surface area contributed by atoms with Gasteiger partial charge in [-0.05, 0) is 38.4 Å². The maximum absolute atomic E-state index is 6.13. The molecule has 1 aromatic carbocycles. The lowest BCUT2D eigenvalue weighted by Crippen LogP contribution is -2.18. The Kier molecular flexibility index (Phi) is 4.01. The molecule has 1 aliphatic rings. The summed E-state index contributed by atoms with van der Waals surface area (Å²) in [4.78, 5) is 2.12. The van der Waals surface area contributed by atoms with Crippen molar-refractivity contribution in [1.29, 1.82) is 0 Å². The largest absolute Gasteiger partial charge is 0.478 e. The second-order valence-corrected chi connectivity index (χ2v) is 5.20. The summed E-state index contributed by atoms with van der Waals surface area (Å²) in [6, 6.07) is 9.46. The van der Waals surface area contributed by atoms with Crippen LogP contribution >= 0.6 is 0 Å². The fourth-order valence-electron chi connectivity index (χ4n) is 2.26. The smallest absolute Gasteiger partial charge is 0.231 e. The second kappa shape index (κ2) is 6.10. The minimum atomic E-state index is -0.155. The molecule has 0 spiro atoms. The maximum Gasteiger partial charge on any atom is 0.231 e. The number of para-hydroxylation sites is 1. The molecule has 1 atom stereocenters. The predicted molar refractivity (Wildman–Crippen MR) is 77.8 cm³/mol. The second-order valence-electron chi connectivity index (χ2n) is 5.20. The average Bonchev–Trinajstić information content (AvgIpc) is 3.13.